The van der Waals surface area contributed by atoms with Crippen LogP contribution in [0.1, 0.15) is 42.9 Å². The van der Waals surface area contributed by atoms with Gasteiger partial charge in [0.05, 0.1) is 0 Å². The largest absolute Gasteiger partial charge is 0.337 e. The highest BCUT2D eigenvalue weighted by atomic mass is 19.1. The van der Waals surface area contributed by atoms with Crippen molar-refractivity contribution < 1.29 is 14.0 Å². The van der Waals surface area contributed by atoms with Gasteiger partial charge in [0, 0.05) is 76.7 Å². The topological polar surface area (TPSA) is 60.0 Å². The van der Waals surface area contributed by atoms with Gasteiger partial charge in [0.1, 0.15) is 5.82 Å². The number of nitrogens with zero attached hydrogens (tertiary/aromatic N) is 5. The van der Waals surface area contributed by atoms with Gasteiger partial charge in [0.2, 0.25) is 11.8 Å². The van der Waals surface area contributed by atoms with Crippen molar-refractivity contribution in [1.29, 1.82) is 0 Å². The van der Waals surface area contributed by atoms with E-state index in [2.05, 4.69) is 51.2 Å². The Kier molecular flexibility index (Phi) is 10.7. The Hall–Kier alpha value is -4.40. The van der Waals surface area contributed by atoms with Crippen LogP contribution in [0.5, 0.6) is 0 Å². The van der Waals surface area contributed by atoms with Crippen LogP contribution < -0.4 is 4.90 Å². The van der Waals surface area contributed by atoms with Crippen molar-refractivity contribution in [3.8, 4) is 11.1 Å². The molecule has 0 saturated carbocycles. The molecule has 1 saturated heterocycles. The second-order valence-electron chi connectivity index (χ2n) is 12.8. The minimum absolute atomic E-state index is 0.000590. The lowest BCUT2D eigenvalue weighted by Gasteiger charge is -2.35. The lowest BCUT2D eigenvalue weighted by molar-refractivity contribution is -0.138. The van der Waals surface area contributed by atoms with Gasteiger partial charge in [0.25, 0.3) is 0 Å². The number of hydrogen-bond acceptors (Lipinski definition) is 5. The van der Waals surface area contributed by atoms with Crippen molar-refractivity contribution in [3.63, 3.8) is 0 Å². The summed E-state index contributed by atoms with van der Waals surface area (Å²) in [6.45, 7) is 8.05. The van der Waals surface area contributed by atoms with Crippen molar-refractivity contribution in [2.75, 3.05) is 44.2 Å². The number of anilines is 1. The number of rotatable bonds is 6. The number of carbonyl (C=O) groups is 2. The molecule has 2 amide bonds. The molecule has 1 fully saturated rings. The molecule has 0 radical (unpaired) electrons. The SMILES string of the molecule is CC(=O)N1CCCN(Cc2ccccc2)CCN(C(=O)C2CCN(Cc3ccc(F)cc3)CC2)Cc2cc(-c3cccnc3)ccc21. The molecule has 0 spiro atoms. The predicted octanol–water partition coefficient (Wildman–Crippen LogP) is 6.39. The van der Waals surface area contributed by atoms with E-state index < -0.39 is 0 Å². The van der Waals surface area contributed by atoms with Gasteiger partial charge < -0.3 is 9.80 Å². The number of pyridine rings is 1. The van der Waals surface area contributed by atoms with Crippen LogP contribution in [0.2, 0.25) is 0 Å². The van der Waals surface area contributed by atoms with Gasteiger partial charge in [-0.3, -0.25) is 24.4 Å². The van der Waals surface area contributed by atoms with Gasteiger partial charge >= 0.3 is 0 Å². The van der Waals surface area contributed by atoms with Gasteiger partial charge in [0.15, 0.2) is 0 Å². The lowest BCUT2D eigenvalue weighted by atomic mass is 9.94. The molecule has 4 aromatic rings. The van der Waals surface area contributed by atoms with Gasteiger partial charge in [-0.25, -0.2) is 4.39 Å². The first-order valence-corrected chi connectivity index (χ1v) is 16.8. The summed E-state index contributed by atoms with van der Waals surface area (Å²) < 4.78 is 13.4. The Morgan fingerprint density at radius 3 is 2.19 bits per heavy atom. The van der Waals surface area contributed by atoms with E-state index in [1.165, 1.54) is 17.7 Å². The van der Waals surface area contributed by atoms with Gasteiger partial charge in [-0.1, -0.05) is 54.6 Å². The first kappa shape index (κ1) is 32.5. The van der Waals surface area contributed by atoms with Crippen LogP contribution in [0.3, 0.4) is 0 Å². The summed E-state index contributed by atoms with van der Waals surface area (Å²) >= 11 is 0. The monoisotopic (exact) mass is 633 g/mol. The van der Waals surface area contributed by atoms with E-state index in [-0.39, 0.29) is 23.5 Å². The van der Waals surface area contributed by atoms with Crippen molar-refractivity contribution >= 4 is 17.5 Å². The van der Waals surface area contributed by atoms with E-state index >= 15 is 0 Å². The smallest absolute Gasteiger partial charge is 0.226 e. The molecule has 47 heavy (non-hydrogen) atoms. The minimum Gasteiger partial charge on any atom is -0.337 e. The van der Waals surface area contributed by atoms with Gasteiger partial charge in [-0.05, 0) is 90.5 Å². The van der Waals surface area contributed by atoms with E-state index in [4.69, 9.17) is 0 Å². The van der Waals surface area contributed by atoms with Crippen LogP contribution in [0.4, 0.5) is 10.1 Å². The Bertz CT molecular complexity index is 1620. The summed E-state index contributed by atoms with van der Waals surface area (Å²) in [6.07, 6.45) is 6.01. The fraction of sp³-hybridized carbons (Fsp3) is 0.359. The molecule has 0 aliphatic carbocycles. The molecule has 0 unspecified atom stereocenters. The maximum absolute atomic E-state index is 14.4. The van der Waals surface area contributed by atoms with E-state index in [1.807, 2.05) is 52.4 Å². The van der Waals surface area contributed by atoms with Crippen molar-refractivity contribution in [2.24, 2.45) is 5.92 Å². The third kappa shape index (κ3) is 8.50. The molecule has 0 bridgehead atoms. The van der Waals surface area contributed by atoms with Crippen LogP contribution >= 0.6 is 0 Å². The molecule has 0 atom stereocenters. The molecule has 8 heteroatoms. The summed E-state index contributed by atoms with van der Waals surface area (Å²) in [5.41, 5.74) is 6.18. The number of carbonyl (C=O) groups excluding carboxylic acids is 2. The predicted molar refractivity (Wildman–Crippen MR) is 184 cm³/mol. The summed E-state index contributed by atoms with van der Waals surface area (Å²) in [5, 5.41) is 0. The summed E-state index contributed by atoms with van der Waals surface area (Å²) in [5.74, 6) is -0.115. The number of halogens is 1. The number of aromatic nitrogens is 1. The van der Waals surface area contributed by atoms with Crippen LogP contribution in [-0.2, 0) is 29.2 Å². The highest BCUT2D eigenvalue weighted by Crippen LogP contribution is 2.31. The fourth-order valence-electron chi connectivity index (χ4n) is 6.88. The van der Waals surface area contributed by atoms with Crippen LogP contribution in [0.15, 0.2) is 97.3 Å². The molecule has 244 valence electrons. The van der Waals surface area contributed by atoms with Gasteiger partial charge in [-0.2, -0.15) is 0 Å². The molecular weight excluding hydrogens is 589 g/mol. The third-order valence-electron chi connectivity index (χ3n) is 9.47. The first-order chi connectivity index (χ1) is 22.9. The number of piperidine rings is 1. The maximum atomic E-state index is 14.4. The van der Waals surface area contributed by atoms with Crippen LogP contribution in [-0.4, -0.2) is 70.8 Å². The third-order valence-corrected chi connectivity index (χ3v) is 9.47. The van der Waals surface area contributed by atoms with Crippen molar-refractivity contribution in [2.45, 2.75) is 45.8 Å². The fourth-order valence-corrected chi connectivity index (χ4v) is 6.88. The lowest BCUT2D eigenvalue weighted by Crippen LogP contribution is -2.44. The Labute approximate surface area is 277 Å². The number of likely N-dealkylation sites (tertiary alicyclic amines) is 1. The Morgan fingerprint density at radius 1 is 0.766 bits per heavy atom. The van der Waals surface area contributed by atoms with Crippen LogP contribution in [0.25, 0.3) is 11.1 Å². The highest BCUT2D eigenvalue weighted by molar-refractivity contribution is 5.93. The van der Waals surface area contributed by atoms with Crippen molar-refractivity contribution in [1.82, 2.24) is 19.7 Å². The van der Waals surface area contributed by atoms with E-state index in [0.29, 0.717) is 19.6 Å². The normalized spacial score (nSPS) is 17.1. The number of fused-ring (bicyclic) bond motifs is 1. The second kappa shape index (κ2) is 15.5. The number of amides is 2. The summed E-state index contributed by atoms with van der Waals surface area (Å²) in [4.78, 5) is 40.5. The number of benzene rings is 3. The van der Waals surface area contributed by atoms with E-state index in [9.17, 15) is 14.0 Å². The molecule has 6 rings (SSSR count). The molecule has 0 N–H and O–H groups in total. The molecular formula is C39H44FN5O2. The summed E-state index contributed by atoms with van der Waals surface area (Å²) in [7, 11) is 0. The Balaban J connectivity index is 1.26. The molecule has 3 heterocycles. The average Bonchev–Trinajstić information content (AvgIpc) is 3.13. The average molecular weight is 634 g/mol. The first-order valence-electron chi connectivity index (χ1n) is 16.8. The van der Waals surface area contributed by atoms with Crippen LogP contribution in [0, 0.1) is 11.7 Å². The molecule has 2 aliphatic rings. The zero-order chi connectivity index (χ0) is 32.6. The maximum Gasteiger partial charge on any atom is 0.226 e. The van der Waals surface area contributed by atoms with Crippen molar-refractivity contribution in [3.05, 3.63) is 120 Å². The standard InChI is InChI=1S/C39H44FN5O2/c1-30(46)45-20-6-19-42(27-31-7-3-2-4-8-31)23-24-44(29-36-25-34(12-15-38(36)45)35-9-5-18-41-26-35)39(47)33-16-21-43(22-17-33)28-32-10-13-37(40)14-11-32/h2-5,7-15,18,25-26,33H,6,16-17,19-24,27-29H2,1H3. The summed E-state index contributed by atoms with van der Waals surface area (Å²) in [6, 6.07) is 27.3. The quantitative estimate of drug-likeness (QED) is 0.247. The molecule has 1 aromatic heterocycles. The molecule has 2 aliphatic heterocycles. The molecule has 7 nitrogen and oxygen atoms in total. The second-order valence-corrected chi connectivity index (χ2v) is 12.8. The zero-order valence-electron chi connectivity index (χ0n) is 27.2. The van der Waals surface area contributed by atoms with E-state index in [1.54, 1.807) is 13.1 Å². The zero-order valence-corrected chi connectivity index (χ0v) is 27.2. The van der Waals surface area contributed by atoms with Gasteiger partial charge in [-0.15, -0.1) is 0 Å². The minimum atomic E-state index is -0.226. The highest BCUT2D eigenvalue weighted by Gasteiger charge is 2.30. The number of hydrogen-bond donors (Lipinski definition) is 0. The Morgan fingerprint density at radius 2 is 1.49 bits per heavy atom. The van der Waals surface area contributed by atoms with E-state index in [0.717, 1.165) is 86.5 Å². The molecule has 3 aromatic carbocycles.